The Labute approximate surface area is 100 Å². The number of rotatable bonds is 5. The molecule has 0 spiro atoms. The first kappa shape index (κ1) is 11.7. The van der Waals surface area contributed by atoms with Gasteiger partial charge in [0.2, 0.25) is 0 Å². The van der Waals surface area contributed by atoms with E-state index >= 15 is 0 Å². The van der Waals surface area contributed by atoms with E-state index in [-0.39, 0.29) is 0 Å². The molecule has 0 aliphatic heterocycles. The molecule has 0 radical (unpaired) electrons. The third-order valence-electron chi connectivity index (χ3n) is 2.62. The van der Waals surface area contributed by atoms with E-state index in [0.29, 0.717) is 12.4 Å². The number of nitrogen functional groups attached to an aromatic ring is 1. The SMILES string of the molecule is CCN(CCOC)c1nc(N)cn2ccnc12. The van der Waals surface area contributed by atoms with Crippen molar-refractivity contribution in [2.24, 2.45) is 0 Å². The zero-order valence-electron chi connectivity index (χ0n) is 10.1. The first-order valence-electron chi connectivity index (χ1n) is 5.59. The van der Waals surface area contributed by atoms with Crippen LogP contribution in [0.25, 0.3) is 5.65 Å². The van der Waals surface area contributed by atoms with Gasteiger partial charge in [0.15, 0.2) is 11.5 Å². The summed E-state index contributed by atoms with van der Waals surface area (Å²) in [6.45, 7) is 4.32. The average molecular weight is 235 g/mol. The highest BCUT2D eigenvalue weighted by molar-refractivity contribution is 5.66. The van der Waals surface area contributed by atoms with Crippen LogP contribution < -0.4 is 10.6 Å². The van der Waals surface area contributed by atoms with Crippen LogP contribution in [0.15, 0.2) is 18.6 Å². The summed E-state index contributed by atoms with van der Waals surface area (Å²) in [6, 6.07) is 0. The minimum absolute atomic E-state index is 0.487. The molecule has 2 heterocycles. The number of nitrogens with two attached hydrogens (primary N) is 1. The van der Waals surface area contributed by atoms with Crippen LogP contribution in [-0.4, -0.2) is 41.2 Å². The van der Waals surface area contributed by atoms with Crippen molar-refractivity contribution >= 4 is 17.3 Å². The molecule has 0 aliphatic carbocycles. The van der Waals surface area contributed by atoms with Crippen molar-refractivity contribution in [1.82, 2.24) is 14.4 Å². The summed E-state index contributed by atoms with van der Waals surface area (Å²) in [6.07, 6.45) is 5.36. The van der Waals surface area contributed by atoms with E-state index in [1.807, 2.05) is 10.6 Å². The van der Waals surface area contributed by atoms with E-state index in [9.17, 15) is 0 Å². The average Bonchev–Trinajstić information content (AvgIpc) is 2.77. The molecule has 0 saturated heterocycles. The highest BCUT2D eigenvalue weighted by atomic mass is 16.5. The van der Waals surface area contributed by atoms with Gasteiger partial charge < -0.3 is 19.8 Å². The molecule has 0 aromatic carbocycles. The molecule has 6 heteroatoms. The minimum atomic E-state index is 0.487. The molecule has 0 amide bonds. The standard InChI is InChI=1S/C11H17N5O/c1-3-15(6-7-17-2)11-10-13-4-5-16(10)8-9(12)14-11/h4-5,8H,3,6-7,12H2,1-2H3. The molecule has 0 fully saturated rings. The number of hydrogen-bond donors (Lipinski definition) is 1. The number of nitrogens with zero attached hydrogens (tertiary/aromatic N) is 4. The van der Waals surface area contributed by atoms with Crippen LogP contribution in [0.3, 0.4) is 0 Å². The zero-order valence-corrected chi connectivity index (χ0v) is 10.1. The lowest BCUT2D eigenvalue weighted by Crippen LogP contribution is -2.28. The quantitative estimate of drug-likeness (QED) is 0.829. The van der Waals surface area contributed by atoms with Crippen LogP contribution in [-0.2, 0) is 4.74 Å². The summed E-state index contributed by atoms with van der Waals surface area (Å²) >= 11 is 0. The van der Waals surface area contributed by atoms with Crippen molar-refractivity contribution in [3.63, 3.8) is 0 Å². The Morgan fingerprint density at radius 1 is 1.53 bits per heavy atom. The van der Waals surface area contributed by atoms with Gasteiger partial charge in [-0.05, 0) is 6.92 Å². The maximum atomic E-state index is 5.79. The number of anilines is 2. The van der Waals surface area contributed by atoms with Crippen LogP contribution in [0, 0.1) is 0 Å². The molecular formula is C11H17N5O. The molecule has 2 N–H and O–H groups in total. The van der Waals surface area contributed by atoms with Gasteiger partial charge in [0, 0.05) is 32.6 Å². The molecule has 0 atom stereocenters. The van der Waals surface area contributed by atoms with Crippen molar-refractivity contribution in [3.05, 3.63) is 18.6 Å². The lowest BCUT2D eigenvalue weighted by molar-refractivity contribution is 0.205. The van der Waals surface area contributed by atoms with Gasteiger partial charge >= 0.3 is 0 Å². The second kappa shape index (κ2) is 5.01. The van der Waals surface area contributed by atoms with Gasteiger partial charge in [-0.3, -0.25) is 0 Å². The lowest BCUT2D eigenvalue weighted by Gasteiger charge is -2.22. The van der Waals surface area contributed by atoms with Crippen molar-refractivity contribution in [3.8, 4) is 0 Å². The van der Waals surface area contributed by atoms with Gasteiger partial charge in [-0.15, -0.1) is 0 Å². The van der Waals surface area contributed by atoms with Gasteiger partial charge in [0.05, 0.1) is 12.8 Å². The Hall–Kier alpha value is -1.82. The number of imidazole rings is 1. The molecule has 0 bridgehead atoms. The van der Waals surface area contributed by atoms with Crippen LogP contribution in [0.5, 0.6) is 0 Å². The number of ether oxygens (including phenoxy) is 1. The third-order valence-corrected chi connectivity index (χ3v) is 2.62. The fourth-order valence-electron chi connectivity index (χ4n) is 1.76. The van der Waals surface area contributed by atoms with E-state index in [1.165, 1.54) is 0 Å². The zero-order chi connectivity index (χ0) is 12.3. The molecule has 0 aliphatic rings. The molecule has 6 nitrogen and oxygen atoms in total. The van der Waals surface area contributed by atoms with E-state index in [2.05, 4.69) is 21.8 Å². The van der Waals surface area contributed by atoms with Crippen LogP contribution >= 0.6 is 0 Å². The topological polar surface area (TPSA) is 68.7 Å². The molecular weight excluding hydrogens is 218 g/mol. The van der Waals surface area contributed by atoms with Gasteiger partial charge in [0.25, 0.3) is 0 Å². The Kier molecular flexibility index (Phi) is 3.43. The van der Waals surface area contributed by atoms with E-state index in [0.717, 1.165) is 24.6 Å². The van der Waals surface area contributed by atoms with Crippen LogP contribution in [0.1, 0.15) is 6.92 Å². The summed E-state index contributed by atoms with van der Waals surface area (Å²) in [5, 5.41) is 0. The van der Waals surface area contributed by atoms with Gasteiger partial charge in [-0.2, -0.15) is 0 Å². The first-order chi connectivity index (χ1) is 8.26. The normalized spacial score (nSPS) is 10.9. The maximum absolute atomic E-state index is 5.79. The highest BCUT2D eigenvalue weighted by Crippen LogP contribution is 2.18. The van der Waals surface area contributed by atoms with E-state index < -0.39 is 0 Å². The van der Waals surface area contributed by atoms with Crippen molar-refractivity contribution in [1.29, 1.82) is 0 Å². The predicted octanol–water partition coefficient (Wildman–Crippen LogP) is 0.784. The van der Waals surface area contributed by atoms with Crippen LogP contribution in [0.4, 0.5) is 11.6 Å². The first-order valence-corrected chi connectivity index (χ1v) is 5.59. The second-order valence-corrected chi connectivity index (χ2v) is 3.72. The summed E-state index contributed by atoms with van der Waals surface area (Å²) < 4.78 is 6.97. The molecule has 2 rings (SSSR count). The molecule has 0 saturated carbocycles. The Bertz CT molecular complexity index is 496. The number of hydrogen-bond acceptors (Lipinski definition) is 5. The number of fused-ring (bicyclic) bond motifs is 1. The molecule has 92 valence electrons. The van der Waals surface area contributed by atoms with Crippen LogP contribution in [0.2, 0.25) is 0 Å². The molecule has 17 heavy (non-hydrogen) atoms. The lowest BCUT2D eigenvalue weighted by atomic mass is 10.4. The molecule has 2 aromatic heterocycles. The third kappa shape index (κ3) is 2.31. The minimum Gasteiger partial charge on any atom is -0.383 e. The number of methoxy groups -OCH3 is 1. The van der Waals surface area contributed by atoms with E-state index in [1.54, 1.807) is 19.5 Å². The van der Waals surface area contributed by atoms with Gasteiger partial charge in [-0.1, -0.05) is 0 Å². The molecule has 0 unspecified atom stereocenters. The smallest absolute Gasteiger partial charge is 0.180 e. The fraction of sp³-hybridized carbons (Fsp3) is 0.455. The van der Waals surface area contributed by atoms with Crippen molar-refractivity contribution < 1.29 is 4.74 Å². The monoisotopic (exact) mass is 235 g/mol. The van der Waals surface area contributed by atoms with Gasteiger partial charge in [-0.25, -0.2) is 9.97 Å². The summed E-state index contributed by atoms with van der Waals surface area (Å²) in [5.74, 6) is 1.29. The predicted molar refractivity (Wildman–Crippen MR) is 67.2 cm³/mol. The highest BCUT2D eigenvalue weighted by Gasteiger charge is 2.12. The summed E-state index contributed by atoms with van der Waals surface area (Å²) in [7, 11) is 1.69. The van der Waals surface area contributed by atoms with Gasteiger partial charge in [0.1, 0.15) is 5.82 Å². The summed E-state index contributed by atoms with van der Waals surface area (Å²) in [5.41, 5.74) is 6.60. The molecule has 2 aromatic rings. The van der Waals surface area contributed by atoms with Crippen molar-refractivity contribution in [2.75, 3.05) is 37.4 Å². The Balaban J connectivity index is 2.40. The Morgan fingerprint density at radius 2 is 2.35 bits per heavy atom. The van der Waals surface area contributed by atoms with E-state index in [4.69, 9.17) is 10.5 Å². The summed E-state index contributed by atoms with van der Waals surface area (Å²) in [4.78, 5) is 10.8. The maximum Gasteiger partial charge on any atom is 0.180 e. The fourth-order valence-corrected chi connectivity index (χ4v) is 1.76. The second-order valence-electron chi connectivity index (χ2n) is 3.72. The number of likely N-dealkylation sites (N-methyl/N-ethyl adjacent to an activating group) is 1. The Morgan fingerprint density at radius 3 is 3.06 bits per heavy atom. The number of aromatic nitrogens is 3. The van der Waals surface area contributed by atoms with Crippen molar-refractivity contribution in [2.45, 2.75) is 6.92 Å². The largest absolute Gasteiger partial charge is 0.383 e.